The van der Waals surface area contributed by atoms with Crippen molar-refractivity contribution in [1.29, 1.82) is 0 Å². The first-order chi connectivity index (χ1) is 7.38. The predicted molar refractivity (Wildman–Crippen MR) is 64.2 cm³/mol. The second kappa shape index (κ2) is 5.15. The zero-order valence-corrected chi connectivity index (χ0v) is 10.8. The first-order valence-corrected chi connectivity index (χ1v) is 6.15. The molecule has 2 N–H and O–H groups in total. The standard InChI is InChI=1S/C12H24N2O2/c1-5-6-12(16)7-14(8-12)10(4)11(15)13-9(2)3/h9-10,16H,5-8H2,1-4H3,(H,13,15). The number of β-amino-alcohol motifs (C(OH)–C–C–N with tert-alkyl or cyclic N) is 1. The molecular weight excluding hydrogens is 204 g/mol. The average Bonchev–Trinajstić information content (AvgIpc) is 2.12. The van der Waals surface area contributed by atoms with Crippen LogP contribution in [-0.2, 0) is 4.79 Å². The first kappa shape index (κ1) is 13.5. The van der Waals surface area contributed by atoms with E-state index in [1.165, 1.54) is 0 Å². The summed E-state index contributed by atoms with van der Waals surface area (Å²) in [5.41, 5.74) is -0.554. The molecule has 94 valence electrons. The van der Waals surface area contributed by atoms with Crippen LogP contribution < -0.4 is 5.32 Å². The van der Waals surface area contributed by atoms with E-state index in [1.807, 2.05) is 25.7 Å². The largest absolute Gasteiger partial charge is 0.387 e. The summed E-state index contributed by atoms with van der Waals surface area (Å²) >= 11 is 0. The summed E-state index contributed by atoms with van der Waals surface area (Å²) < 4.78 is 0. The first-order valence-electron chi connectivity index (χ1n) is 6.15. The summed E-state index contributed by atoms with van der Waals surface area (Å²) in [6.07, 6.45) is 1.80. The molecule has 0 aromatic rings. The Morgan fingerprint density at radius 2 is 2.00 bits per heavy atom. The molecule has 1 aliphatic heterocycles. The Bertz CT molecular complexity index is 247. The van der Waals surface area contributed by atoms with E-state index in [0.717, 1.165) is 12.8 Å². The maximum Gasteiger partial charge on any atom is 0.237 e. The van der Waals surface area contributed by atoms with Gasteiger partial charge in [-0.1, -0.05) is 13.3 Å². The molecule has 0 aliphatic carbocycles. The number of aliphatic hydroxyl groups is 1. The monoisotopic (exact) mass is 228 g/mol. The molecule has 1 aliphatic rings. The van der Waals surface area contributed by atoms with Gasteiger partial charge in [-0.25, -0.2) is 0 Å². The van der Waals surface area contributed by atoms with Gasteiger partial charge in [0.1, 0.15) is 0 Å². The van der Waals surface area contributed by atoms with E-state index in [-0.39, 0.29) is 18.0 Å². The molecule has 4 nitrogen and oxygen atoms in total. The van der Waals surface area contributed by atoms with Gasteiger partial charge in [-0.15, -0.1) is 0 Å². The van der Waals surface area contributed by atoms with Crippen molar-refractivity contribution in [2.45, 2.75) is 58.2 Å². The molecule has 1 amide bonds. The quantitative estimate of drug-likeness (QED) is 0.730. The van der Waals surface area contributed by atoms with Crippen molar-refractivity contribution in [1.82, 2.24) is 10.2 Å². The fourth-order valence-electron chi connectivity index (χ4n) is 2.18. The van der Waals surface area contributed by atoms with E-state index in [2.05, 4.69) is 12.2 Å². The lowest BCUT2D eigenvalue weighted by atomic mass is 9.88. The van der Waals surface area contributed by atoms with Gasteiger partial charge in [0.25, 0.3) is 0 Å². The number of carbonyl (C=O) groups excluding carboxylic acids is 1. The van der Waals surface area contributed by atoms with Crippen LogP contribution in [0.1, 0.15) is 40.5 Å². The normalized spacial score (nSPS) is 21.6. The number of carbonyl (C=O) groups is 1. The van der Waals surface area contributed by atoms with Gasteiger partial charge in [0.15, 0.2) is 0 Å². The van der Waals surface area contributed by atoms with Gasteiger partial charge < -0.3 is 10.4 Å². The van der Waals surface area contributed by atoms with E-state index in [4.69, 9.17) is 0 Å². The number of likely N-dealkylation sites (tertiary alicyclic amines) is 1. The molecule has 1 saturated heterocycles. The fourth-order valence-corrected chi connectivity index (χ4v) is 2.18. The lowest BCUT2D eigenvalue weighted by Crippen LogP contribution is -2.66. The second-order valence-electron chi connectivity index (χ2n) is 5.22. The zero-order valence-electron chi connectivity index (χ0n) is 10.8. The van der Waals surface area contributed by atoms with Crippen LogP contribution in [0, 0.1) is 0 Å². The number of amides is 1. The molecule has 4 heteroatoms. The molecule has 0 bridgehead atoms. The van der Waals surface area contributed by atoms with Crippen LogP contribution in [0.3, 0.4) is 0 Å². The van der Waals surface area contributed by atoms with E-state index < -0.39 is 5.60 Å². The zero-order chi connectivity index (χ0) is 12.3. The molecule has 1 atom stereocenters. The molecular formula is C12H24N2O2. The summed E-state index contributed by atoms with van der Waals surface area (Å²) in [5.74, 6) is 0.0496. The summed E-state index contributed by atoms with van der Waals surface area (Å²) in [6.45, 7) is 9.10. The summed E-state index contributed by atoms with van der Waals surface area (Å²) in [7, 11) is 0. The predicted octanol–water partition coefficient (Wildman–Crippen LogP) is 0.746. The van der Waals surface area contributed by atoms with Crippen molar-refractivity contribution < 1.29 is 9.90 Å². The van der Waals surface area contributed by atoms with Crippen molar-refractivity contribution >= 4 is 5.91 Å². The van der Waals surface area contributed by atoms with Crippen LogP contribution in [0.15, 0.2) is 0 Å². The van der Waals surface area contributed by atoms with Crippen molar-refractivity contribution in [3.8, 4) is 0 Å². The number of nitrogens with one attached hydrogen (secondary N) is 1. The molecule has 1 unspecified atom stereocenters. The highest BCUT2D eigenvalue weighted by Gasteiger charge is 2.43. The number of rotatable bonds is 5. The van der Waals surface area contributed by atoms with Crippen LogP contribution in [0.2, 0.25) is 0 Å². The van der Waals surface area contributed by atoms with Crippen molar-refractivity contribution in [2.75, 3.05) is 13.1 Å². The highest BCUT2D eigenvalue weighted by molar-refractivity contribution is 5.81. The lowest BCUT2D eigenvalue weighted by Gasteiger charge is -2.49. The number of hydrogen-bond donors (Lipinski definition) is 2. The topological polar surface area (TPSA) is 52.6 Å². The summed E-state index contributed by atoms with van der Waals surface area (Å²) in [4.78, 5) is 13.7. The average molecular weight is 228 g/mol. The van der Waals surface area contributed by atoms with E-state index >= 15 is 0 Å². The van der Waals surface area contributed by atoms with Crippen LogP contribution >= 0.6 is 0 Å². The van der Waals surface area contributed by atoms with Crippen LogP contribution in [0.4, 0.5) is 0 Å². The molecule has 1 heterocycles. The van der Waals surface area contributed by atoms with Gasteiger partial charge in [0.05, 0.1) is 11.6 Å². The minimum absolute atomic E-state index is 0.0496. The lowest BCUT2D eigenvalue weighted by molar-refractivity contribution is -0.144. The Balaban J connectivity index is 2.36. The molecule has 0 aromatic carbocycles. The maximum absolute atomic E-state index is 11.7. The Hall–Kier alpha value is -0.610. The Morgan fingerprint density at radius 3 is 2.44 bits per heavy atom. The van der Waals surface area contributed by atoms with E-state index in [0.29, 0.717) is 13.1 Å². The van der Waals surface area contributed by atoms with Crippen molar-refractivity contribution in [2.24, 2.45) is 0 Å². The van der Waals surface area contributed by atoms with Gasteiger partial charge in [-0.05, 0) is 27.2 Å². The van der Waals surface area contributed by atoms with Gasteiger partial charge in [0, 0.05) is 19.1 Å². The van der Waals surface area contributed by atoms with Gasteiger partial charge in [-0.2, -0.15) is 0 Å². The van der Waals surface area contributed by atoms with Gasteiger partial charge >= 0.3 is 0 Å². The van der Waals surface area contributed by atoms with Crippen LogP contribution in [-0.4, -0.2) is 46.7 Å². The number of nitrogens with zero attached hydrogens (tertiary/aromatic N) is 1. The van der Waals surface area contributed by atoms with Crippen LogP contribution in [0.5, 0.6) is 0 Å². The Labute approximate surface area is 98.0 Å². The smallest absolute Gasteiger partial charge is 0.237 e. The van der Waals surface area contributed by atoms with Crippen molar-refractivity contribution in [3.63, 3.8) is 0 Å². The molecule has 16 heavy (non-hydrogen) atoms. The third-order valence-corrected chi connectivity index (χ3v) is 3.07. The minimum atomic E-state index is -0.554. The fraction of sp³-hybridized carbons (Fsp3) is 0.917. The van der Waals surface area contributed by atoms with E-state index in [9.17, 15) is 9.90 Å². The third-order valence-electron chi connectivity index (χ3n) is 3.07. The van der Waals surface area contributed by atoms with Crippen molar-refractivity contribution in [3.05, 3.63) is 0 Å². The second-order valence-corrected chi connectivity index (χ2v) is 5.22. The maximum atomic E-state index is 11.7. The van der Waals surface area contributed by atoms with E-state index in [1.54, 1.807) is 0 Å². The molecule has 1 rings (SSSR count). The number of hydrogen-bond acceptors (Lipinski definition) is 3. The summed E-state index contributed by atoms with van der Waals surface area (Å²) in [5, 5.41) is 12.9. The highest BCUT2D eigenvalue weighted by atomic mass is 16.3. The molecule has 0 aromatic heterocycles. The molecule has 0 radical (unpaired) electrons. The van der Waals surface area contributed by atoms with Gasteiger partial charge in [-0.3, -0.25) is 9.69 Å². The highest BCUT2D eigenvalue weighted by Crippen LogP contribution is 2.27. The minimum Gasteiger partial charge on any atom is -0.387 e. The Morgan fingerprint density at radius 1 is 1.44 bits per heavy atom. The molecule has 0 spiro atoms. The van der Waals surface area contributed by atoms with Gasteiger partial charge in [0.2, 0.25) is 5.91 Å². The molecule has 0 saturated carbocycles. The van der Waals surface area contributed by atoms with Crippen LogP contribution in [0.25, 0.3) is 0 Å². The SMILES string of the molecule is CCCC1(O)CN(C(C)C(=O)NC(C)C)C1. The third kappa shape index (κ3) is 3.19. The summed E-state index contributed by atoms with van der Waals surface area (Å²) in [6, 6.07) is 0.0327. The molecule has 1 fully saturated rings. The Kier molecular flexibility index (Phi) is 4.33.